The molecule has 0 aliphatic heterocycles. The first-order valence-electron chi connectivity index (χ1n) is 7.27. The number of carbonyl (C=O) groups is 1. The van der Waals surface area contributed by atoms with Crippen molar-refractivity contribution in [1.82, 2.24) is 10.6 Å². The molecule has 0 saturated heterocycles. The Morgan fingerprint density at radius 3 is 2.61 bits per heavy atom. The Bertz CT molecular complexity index is 242. The van der Waals surface area contributed by atoms with E-state index >= 15 is 0 Å². The largest absolute Gasteiger partial charge is 0.352 e. The molecule has 0 spiro atoms. The summed E-state index contributed by atoms with van der Waals surface area (Å²) in [5.41, 5.74) is 0. The second-order valence-electron chi connectivity index (χ2n) is 5.26. The summed E-state index contributed by atoms with van der Waals surface area (Å²) >= 11 is 1.96. The maximum Gasteiger partial charge on any atom is 0.237 e. The molecule has 0 aromatic carbocycles. The average Bonchev–Trinajstić information content (AvgIpc) is 2.82. The van der Waals surface area contributed by atoms with Crippen LogP contribution in [0.4, 0.5) is 0 Å². The SMILES string of the molecule is CCSCCC(C)NC(C)C(=O)NC1CCCC1. The van der Waals surface area contributed by atoms with Crippen LogP contribution in [0.5, 0.6) is 0 Å². The lowest BCUT2D eigenvalue weighted by Crippen LogP contribution is -2.48. The van der Waals surface area contributed by atoms with Crippen LogP contribution in [0.3, 0.4) is 0 Å². The van der Waals surface area contributed by atoms with Crippen molar-refractivity contribution in [3.05, 3.63) is 0 Å². The number of thioether (sulfide) groups is 1. The fourth-order valence-electron chi connectivity index (χ4n) is 2.39. The molecule has 106 valence electrons. The standard InChI is InChI=1S/C14H28N2OS/c1-4-18-10-9-11(2)15-12(3)14(17)16-13-7-5-6-8-13/h11-13,15H,4-10H2,1-3H3,(H,16,17). The van der Waals surface area contributed by atoms with Crippen molar-refractivity contribution in [3.63, 3.8) is 0 Å². The van der Waals surface area contributed by atoms with Crippen LogP contribution in [0, 0.1) is 0 Å². The second-order valence-corrected chi connectivity index (χ2v) is 6.66. The van der Waals surface area contributed by atoms with Crippen molar-refractivity contribution in [2.24, 2.45) is 0 Å². The molecular formula is C14H28N2OS. The van der Waals surface area contributed by atoms with Gasteiger partial charge in [0.05, 0.1) is 6.04 Å². The van der Waals surface area contributed by atoms with Crippen LogP contribution in [0.15, 0.2) is 0 Å². The lowest BCUT2D eigenvalue weighted by molar-refractivity contribution is -0.123. The second kappa shape index (κ2) is 8.81. The van der Waals surface area contributed by atoms with E-state index in [1.54, 1.807) is 0 Å². The van der Waals surface area contributed by atoms with E-state index < -0.39 is 0 Å². The first-order chi connectivity index (χ1) is 8.63. The number of hydrogen-bond donors (Lipinski definition) is 2. The molecule has 0 radical (unpaired) electrons. The minimum absolute atomic E-state index is 0.0766. The molecule has 0 bridgehead atoms. The molecule has 1 aliphatic carbocycles. The van der Waals surface area contributed by atoms with Crippen molar-refractivity contribution < 1.29 is 4.79 Å². The van der Waals surface area contributed by atoms with E-state index in [1.807, 2.05) is 18.7 Å². The molecule has 1 fully saturated rings. The first-order valence-corrected chi connectivity index (χ1v) is 8.43. The minimum Gasteiger partial charge on any atom is -0.352 e. The molecule has 1 rings (SSSR count). The van der Waals surface area contributed by atoms with E-state index in [-0.39, 0.29) is 11.9 Å². The number of hydrogen-bond acceptors (Lipinski definition) is 3. The zero-order chi connectivity index (χ0) is 13.4. The van der Waals surface area contributed by atoms with Crippen LogP contribution in [-0.2, 0) is 4.79 Å². The van der Waals surface area contributed by atoms with Gasteiger partial charge in [-0.05, 0) is 44.6 Å². The van der Waals surface area contributed by atoms with Crippen molar-refractivity contribution in [2.45, 2.75) is 71.0 Å². The monoisotopic (exact) mass is 272 g/mol. The fraction of sp³-hybridized carbons (Fsp3) is 0.929. The molecule has 4 heteroatoms. The Morgan fingerprint density at radius 2 is 2.00 bits per heavy atom. The van der Waals surface area contributed by atoms with Crippen LogP contribution < -0.4 is 10.6 Å². The number of amides is 1. The van der Waals surface area contributed by atoms with Gasteiger partial charge in [-0.3, -0.25) is 4.79 Å². The Labute approximate surface area is 116 Å². The van der Waals surface area contributed by atoms with Crippen LogP contribution in [-0.4, -0.2) is 35.5 Å². The summed E-state index contributed by atoms with van der Waals surface area (Å²) in [7, 11) is 0. The highest BCUT2D eigenvalue weighted by Gasteiger charge is 2.21. The van der Waals surface area contributed by atoms with E-state index in [4.69, 9.17) is 0 Å². The van der Waals surface area contributed by atoms with Crippen LogP contribution in [0.2, 0.25) is 0 Å². The summed E-state index contributed by atoms with van der Waals surface area (Å²) in [5, 5.41) is 6.53. The van der Waals surface area contributed by atoms with Gasteiger partial charge in [0.1, 0.15) is 0 Å². The molecule has 0 heterocycles. The summed E-state index contributed by atoms with van der Waals surface area (Å²) in [5.74, 6) is 2.50. The molecule has 2 atom stereocenters. The summed E-state index contributed by atoms with van der Waals surface area (Å²) in [6, 6.07) is 0.758. The third-order valence-corrected chi connectivity index (χ3v) is 4.46. The number of rotatable bonds is 8. The Balaban J connectivity index is 2.17. The smallest absolute Gasteiger partial charge is 0.237 e. The number of nitrogens with one attached hydrogen (secondary N) is 2. The Morgan fingerprint density at radius 1 is 1.33 bits per heavy atom. The molecule has 2 unspecified atom stereocenters. The van der Waals surface area contributed by atoms with Gasteiger partial charge < -0.3 is 10.6 Å². The zero-order valence-electron chi connectivity index (χ0n) is 12.0. The lowest BCUT2D eigenvalue weighted by Gasteiger charge is -2.21. The first kappa shape index (κ1) is 15.8. The Hall–Kier alpha value is -0.220. The van der Waals surface area contributed by atoms with E-state index in [2.05, 4.69) is 24.5 Å². The van der Waals surface area contributed by atoms with E-state index in [0.29, 0.717) is 12.1 Å². The lowest BCUT2D eigenvalue weighted by atomic mass is 10.2. The summed E-state index contributed by atoms with van der Waals surface area (Å²) in [6.07, 6.45) is 5.96. The predicted molar refractivity (Wildman–Crippen MR) is 80.1 cm³/mol. The molecule has 0 aromatic rings. The van der Waals surface area contributed by atoms with Gasteiger partial charge in [-0.25, -0.2) is 0 Å². The van der Waals surface area contributed by atoms with Crippen molar-refractivity contribution >= 4 is 17.7 Å². The highest BCUT2D eigenvalue weighted by Crippen LogP contribution is 2.17. The van der Waals surface area contributed by atoms with Crippen molar-refractivity contribution in [3.8, 4) is 0 Å². The van der Waals surface area contributed by atoms with Gasteiger partial charge in [0.15, 0.2) is 0 Å². The van der Waals surface area contributed by atoms with Gasteiger partial charge in [0.2, 0.25) is 5.91 Å². The third kappa shape index (κ3) is 6.10. The van der Waals surface area contributed by atoms with Gasteiger partial charge in [0, 0.05) is 12.1 Å². The molecule has 18 heavy (non-hydrogen) atoms. The van der Waals surface area contributed by atoms with Gasteiger partial charge in [-0.1, -0.05) is 19.8 Å². The highest BCUT2D eigenvalue weighted by atomic mass is 32.2. The molecule has 3 nitrogen and oxygen atoms in total. The van der Waals surface area contributed by atoms with Gasteiger partial charge in [-0.2, -0.15) is 11.8 Å². The topological polar surface area (TPSA) is 41.1 Å². The molecule has 0 aromatic heterocycles. The van der Waals surface area contributed by atoms with E-state index in [0.717, 1.165) is 19.3 Å². The van der Waals surface area contributed by atoms with Crippen LogP contribution >= 0.6 is 11.8 Å². The van der Waals surface area contributed by atoms with E-state index in [9.17, 15) is 4.79 Å². The molecule has 1 amide bonds. The van der Waals surface area contributed by atoms with Crippen LogP contribution in [0.25, 0.3) is 0 Å². The normalized spacial score (nSPS) is 19.7. The van der Waals surface area contributed by atoms with Crippen LogP contribution in [0.1, 0.15) is 52.9 Å². The van der Waals surface area contributed by atoms with Crippen molar-refractivity contribution in [1.29, 1.82) is 0 Å². The van der Waals surface area contributed by atoms with Gasteiger partial charge in [-0.15, -0.1) is 0 Å². The Kier molecular flexibility index (Phi) is 7.75. The van der Waals surface area contributed by atoms with Gasteiger partial charge in [0.25, 0.3) is 0 Å². The average molecular weight is 272 g/mol. The predicted octanol–water partition coefficient (Wildman–Crippen LogP) is 2.55. The molecule has 2 N–H and O–H groups in total. The summed E-state index contributed by atoms with van der Waals surface area (Å²) in [4.78, 5) is 12.0. The van der Waals surface area contributed by atoms with Gasteiger partial charge >= 0.3 is 0 Å². The maximum absolute atomic E-state index is 12.0. The third-order valence-electron chi connectivity index (χ3n) is 3.53. The molecule has 1 aliphatic rings. The van der Waals surface area contributed by atoms with Crippen molar-refractivity contribution in [2.75, 3.05) is 11.5 Å². The summed E-state index contributed by atoms with van der Waals surface area (Å²) < 4.78 is 0. The highest BCUT2D eigenvalue weighted by molar-refractivity contribution is 7.99. The molecular weight excluding hydrogens is 244 g/mol. The minimum atomic E-state index is -0.0766. The zero-order valence-corrected chi connectivity index (χ0v) is 12.8. The quantitative estimate of drug-likeness (QED) is 0.667. The van der Waals surface area contributed by atoms with E-state index in [1.165, 1.54) is 24.3 Å². The number of carbonyl (C=O) groups excluding carboxylic acids is 1. The molecule has 1 saturated carbocycles. The fourth-order valence-corrected chi connectivity index (χ4v) is 3.20. The maximum atomic E-state index is 12.0. The summed E-state index contributed by atoms with van der Waals surface area (Å²) in [6.45, 7) is 6.31.